The molecule has 0 aliphatic rings. The van der Waals surface area contributed by atoms with Gasteiger partial charge in [0.15, 0.2) is 0 Å². The maximum absolute atomic E-state index is 13.0. The number of nitrogens with one attached hydrogen (secondary N) is 1. The van der Waals surface area contributed by atoms with Crippen LogP contribution in [-0.4, -0.2) is 73.4 Å². The van der Waals surface area contributed by atoms with E-state index in [-0.39, 0.29) is 19.1 Å². The normalized spacial score (nSPS) is 14.5. The van der Waals surface area contributed by atoms with Gasteiger partial charge < -0.3 is 19.8 Å². The molecule has 0 spiro atoms. The lowest BCUT2D eigenvalue weighted by atomic mass is 10.0. The Balaban J connectivity index is 4.12. The van der Waals surface area contributed by atoms with Crippen molar-refractivity contribution in [3.05, 3.63) is 72.9 Å². The Morgan fingerprint density at radius 1 is 0.515 bits per heavy atom. The largest absolute Gasteiger partial charge is 0.472 e. The fourth-order valence-corrected chi connectivity index (χ4v) is 8.73. The van der Waals surface area contributed by atoms with Gasteiger partial charge in [-0.3, -0.25) is 13.8 Å². The van der Waals surface area contributed by atoms with E-state index in [1.54, 1.807) is 6.08 Å². The summed E-state index contributed by atoms with van der Waals surface area (Å²) in [4.78, 5) is 23.3. The molecule has 68 heavy (non-hydrogen) atoms. The fourth-order valence-electron chi connectivity index (χ4n) is 7.99. The standard InChI is InChI=1S/C59H109N2O6P/c1-6-8-10-12-14-16-18-20-22-23-24-25-26-27-28-29-30-31-32-33-34-35-36-37-39-41-43-45-47-49-51-53-59(63)60-57(56-67-68(64,65)66-55-54-61(3,4)5)58(62)52-50-48-46-44-42-40-38-21-19-17-15-13-11-9-7-2/h8,10,14,16,20,22,24-25,42,44,50,52,57-58,62H,6-7,9,11-13,15,17-19,21,23,26-41,43,45-49,51,53-56H2,1-5H3,(H-,60,63,64,65)/p+1/b10-8-,16-14-,22-20-,25-24-,44-42+,52-50+. The number of allylic oxidation sites excluding steroid dienone is 11. The predicted octanol–water partition coefficient (Wildman–Crippen LogP) is 17.1. The zero-order valence-electron chi connectivity index (χ0n) is 45.1. The average Bonchev–Trinajstić information content (AvgIpc) is 3.30. The lowest BCUT2D eigenvalue weighted by Gasteiger charge is -2.25. The summed E-state index contributed by atoms with van der Waals surface area (Å²) in [6, 6.07) is -0.864. The molecule has 3 N–H and O–H groups in total. The molecule has 0 heterocycles. The number of hydrogen-bond donors (Lipinski definition) is 3. The number of aliphatic hydroxyl groups is 1. The quantitative estimate of drug-likeness (QED) is 0.0243. The molecular formula is C59H110N2O6P+. The van der Waals surface area contributed by atoms with Crippen LogP contribution in [0, 0.1) is 0 Å². The van der Waals surface area contributed by atoms with Gasteiger partial charge in [0.05, 0.1) is 39.9 Å². The molecule has 9 heteroatoms. The second-order valence-corrected chi connectivity index (χ2v) is 21.7. The number of hydrogen-bond acceptors (Lipinski definition) is 5. The molecule has 0 rings (SSSR count). The fraction of sp³-hybridized carbons (Fsp3) is 0.780. The van der Waals surface area contributed by atoms with E-state index in [1.165, 1.54) is 161 Å². The molecule has 0 saturated carbocycles. The zero-order valence-corrected chi connectivity index (χ0v) is 46.0. The highest BCUT2D eigenvalue weighted by Gasteiger charge is 2.27. The highest BCUT2D eigenvalue weighted by Crippen LogP contribution is 2.43. The van der Waals surface area contributed by atoms with Crippen molar-refractivity contribution in [1.82, 2.24) is 5.32 Å². The van der Waals surface area contributed by atoms with Gasteiger partial charge in [-0.2, -0.15) is 0 Å². The molecule has 0 aromatic rings. The summed E-state index contributed by atoms with van der Waals surface area (Å²) in [5.74, 6) is -0.187. The van der Waals surface area contributed by atoms with E-state index in [0.29, 0.717) is 17.4 Å². The third-order valence-corrected chi connectivity index (χ3v) is 13.4. The van der Waals surface area contributed by atoms with Crippen LogP contribution in [0.1, 0.15) is 245 Å². The molecule has 8 nitrogen and oxygen atoms in total. The first kappa shape index (κ1) is 65.9. The number of phosphoric ester groups is 1. The molecule has 0 aliphatic heterocycles. The van der Waals surface area contributed by atoms with E-state index < -0.39 is 20.0 Å². The number of carbonyl (C=O) groups excluding carboxylic acids is 1. The van der Waals surface area contributed by atoms with Crippen molar-refractivity contribution in [2.45, 2.75) is 257 Å². The summed E-state index contributed by atoms with van der Waals surface area (Å²) in [7, 11) is 1.55. The first-order valence-electron chi connectivity index (χ1n) is 28.3. The summed E-state index contributed by atoms with van der Waals surface area (Å²) < 4.78 is 23.7. The second kappa shape index (κ2) is 49.9. The first-order valence-corrected chi connectivity index (χ1v) is 29.8. The van der Waals surface area contributed by atoms with Crippen molar-refractivity contribution < 1.29 is 32.9 Å². The summed E-state index contributed by atoms with van der Waals surface area (Å²) in [5.41, 5.74) is 0. The van der Waals surface area contributed by atoms with Gasteiger partial charge >= 0.3 is 7.82 Å². The van der Waals surface area contributed by atoms with Crippen LogP contribution in [0.2, 0.25) is 0 Å². The monoisotopic (exact) mass is 974 g/mol. The molecule has 0 aromatic heterocycles. The van der Waals surface area contributed by atoms with Gasteiger partial charge in [-0.05, 0) is 70.6 Å². The van der Waals surface area contributed by atoms with Gasteiger partial charge in [0, 0.05) is 6.42 Å². The highest BCUT2D eigenvalue weighted by molar-refractivity contribution is 7.47. The van der Waals surface area contributed by atoms with Crippen LogP contribution in [0.15, 0.2) is 72.9 Å². The Bertz CT molecular complexity index is 1330. The number of likely N-dealkylation sites (N-methyl/N-ethyl adjacent to an activating group) is 1. The number of rotatable bonds is 51. The van der Waals surface area contributed by atoms with Crippen molar-refractivity contribution in [1.29, 1.82) is 0 Å². The Morgan fingerprint density at radius 3 is 1.35 bits per heavy atom. The third kappa shape index (κ3) is 51.8. The van der Waals surface area contributed by atoms with Crippen LogP contribution in [0.5, 0.6) is 0 Å². The Morgan fingerprint density at radius 2 is 0.897 bits per heavy atom. The SMILES string of the molecule is CC/C=C\C/C=C\C/C=C\C/C=C\CCCCCCCCCCCCCCCCCCCCC(=O)NC(COP(=O)(O)OCC[N+](C)(C)C)C(O)/C=C/CC/C=C/CCCCCCCCCCC. The van der Waals surface area contributed by atoms with Gasteiger partial charge in [-0.25, -0.2) is 4.57 Å². The van der Waals surface area contributed by atoms with Crippen LogP contribution < -0.4 is 5.32 Å². The van der Waals surface area contributed by atoms with Crippen LogP contribution >= 0.6 is 7.82 Å². The number of amides is 1. The minimum Gasteiger partial charge on any atom is -0.387 e. The molecule has 0 aliphatic carbocycles. The number of phosphoric acid groups is 1. The average molecular weight is 975 g/mol. The van der Waals surface area contributed by atoms with E-state index in [4.69, 9.17) is 9.05 Å². The number of carbonyl (C=O) groups is 1. The minimum absolute atomic E-state index is 0.0551. The topological polar surface area (TPSA) is 105 Å². The van der Waals surface area contributed by atoms with Crippen LogP contribution in [0.25, 0.3) is 0 Å². The Hall–Kier alpha value is -2.06. The van der Waals surface area contributed by atoms with Gasteiger partial charge in [-0.1, -0.05) is 241 Å². The van der Waals surface area contributed by atoms with E-state index in [0.717, 1.165) is 64.2 Å². The predicted molar refractivity (Wildman–Crippen MR) is 295 cm³/mol. The van der Waals surface area contributed by atoms with E-state index in [2.05, 4.69) is 79.9 Å². The Labute approximate surface area is 421 Å². The summed E-state index contributed by atoms with van der Waals surface area (Å²) >= 11 is 0. The molecule has 396 valence electrons. The second-order valence-electron chi connectivity index (χ2n) is 20.3. The maximum Gasteiger partial charge on any atom is 0.472 e. The first-order chi connectivity index (χ1) is 33.0. The minimum atomic E-state index is -4.35. The molecule has 3 unspecified atom stereocenters. The third-order valence-electron chi connectivity index (χ3n) is 12.4. The number of nitrogens with zero attached hydrogens (tertiary/aromatic N) is 1. The lowest BCUT2D eigenvalue weighted by molar-refractivity contribution is -0.870. The van der Waals surface area contributed by atoms with E-state index in [1.807, 2.05) is 27.2 Å². The molecule has 0 fully saturated rings. The van der Waals surface area contributed by atoms with E-state index >= 15 is 0 Å². The van der Waals surface area contributed by atoms with Crippen molar-refractivity contribution in [2.75, 3.05) is 40.9 Å². The lowest BCUT2D eigenvalue weighted by Crippen LogP contribution is -2.45. The van der Waals surface area contributed by atoms with Crippen molar-refractivity contribution >= 4 is 13.7 Å². The van der Waals surface area contributed by atoms with Crippen molar-refractivity contribution in [2.24, 2.45) is 0 Å². The van der Waals surface area contributed by atoms with Gasteiger partial charge in [-0.15, -0.1) is 0 Å². The Kier molecular flexibility index (Phi) is 48.4. The van der Waals surface area contributed by atoms with Gasteiger partial charge in [0.2, 0.25) is 5.91 Å². The van der Waals surface area contributed by atoms with Gasteiger partial charge in [0.1, 0.15) is 13.2 Å². The summed E-state index contributed by atoms with van der Waals surface area (Å²) in [6.45, 7) is 4.69. The number of aliphatic hydroxyl groups excluding tert-OH is 1. The molecule has 1 amide bonds. The molecule has 0 bridgehead atoms. The molecule has 3 atom stereocenters. The smallest absolute Gasteiger partial charge is 0.387 e. The number of quaternary nitrogens is 1. The van der Waals surface area contributed by atoms with E-state index in [9.17, 15) is 19.4 Å². The van der Waals surface area contributed by atoms with Gasteiger partial charge in [0.25, 0.3) is 0 Å². The summed E-state index contributed by atoms with van der Waals surface area (Å²) in [5, 5.41) is 13.9. The molecular weight excluding hydrogens is 864 g/mol. The van der Waals surface area contributed by atoms with Crippen LogP contribution in [-0.2, 0) is 18.4 Å². The molecule has 0 radical (unpaired) electrons. The zero-order chi connectivity index (χ0) is 49.9. The van der Waals surface area contributed by atoms with Crippen LogP contribution in [0.3, 0.4) is 0 Å². The summed E-state index contributed by atoms with van der Waals surface area (Å²) in [6.07, 6.45) is 68.7. The molecule has 0 aromatic carbocycles. The van der Waals surface area contributed by atoms with Crippen molar-refractivity contribution in [3.63, 3.8) is 0 Å². The number of unbranched alkanes of at least 4 members (excludes halogenated alkanes) is 28. The van der Waals surface area contributed by atoms with Crippen LogP contribution in [0.4, 0.5) is 0 Å². The molecule has 0 saturated heterocycles. The maximum atomic E-state index is 13.0. The van der Waals surface area contributed by atoms with Crippen molar-refractivity contribution in [3.8, 4) is 0 Å². The highest BCUT2D eigenvalue weighted by atomic mass is 31.2.